The Kier molecular flexibility index (Phi) is 5.48. The molecule has 1 N–H and O–H groups in total. The Morgan fingerprint density at radius 3 is 2.77 bits per heavy atom. The summed E-state index contributed by atoms with van der Waals surface area (Å²) in [4.78, 5) is 9.42. The van der Waals surface area contributed by atoms with Crippen molar-refractivity contribution >= 4 is 12.4 Å². The lowest BCUT2D eigenvalue weighted by Crippen LogP contribution is -2.26. The van der Waals surface area contributed by atoms with Gasteiger partial charge >= 0.3 is 0 Å². The number of rotatable bonds is 3. The monoisotopic (exact) mass is 321 g/mol. The summed E-state index contributed by atoms with van der Waals surface area (Å²) in [6.07, 6.45) is 1.86. The van der Waals surface area contributed by atoms with Crippen LogP contribution < -0.4 is 5.32 Å². The molecule has 3 nitrogen and oxygen atoms in total. The first-order valence-corrected chi connectivity index (χ1v) is 7.56. The SMILES string of the molecule is CCC(C)c1nc2c(c(-c3ccccc3F)n1)CNCC2.Cl. The van der Waals surface area contributed by atoms with Crippen molar-refractivity contribution in [3.05, 3.63) is 47.2 Å². The molecule has 118 valence electrons. The van der Waals surface area contributed by atoms with E-state index in [9.17, 15) is 4.39 Å². The standard InChI is InChI=1S/C17H20FN3.ClH/c1-3-11(2)17-20-15-8-9-19-10-13(15)16(21-17)12-6-4-5-7-14(12)18;/h4-7,11,19H,3,8-10H2,1-2H3;1H. The van der Waals surface area contributed by atoms with Crippen molar-refractivity contribution in [3.8, 4) is 11.3 Å². The average molecular weight is 322 g/mol. The fourth-order valence-corrected chi connectivity index (χ4v) is 2.64. The van der Waals surface area contributed by atoms with Crippen LogP contribution in [0.2, 0.25) is 0 Å². The van der Waals surface area contributed by atoms with Crippen LogP contribution in [0.5, 0.6) is 0 Å². The summed E-state index contributed by atoms with van der Waals surface area (Å²) in [6, 6.07) is 6.85. The molecule has 0 saturated carbocycles. The molecule has 1 unspecified atom stereocenters. The molecule has 0 spiro atoms. The quantitative estimate of drug-likeness (QED) is 0.932. The van der Waals surface area contributed by atoms with Gasteiger partial charge < -0.3 is 5.32 Å². The molecule has 3 rings (SSSR count). The van der Waals surface area contributed by atoms with Gasteiger partial charge in [0.15, 0.2) is 0 Å². The third kappa shape index (κ3) is 3.13. The molecule has 5 heteroatoms. The second-order valence-electron chi connectivity index (χ2n) is 5.57. The van der Waals surface area contributed by atoms with Crippen molar-refractivity contribution < 1.29 is 4.39 Å². The van der Waals surface area contributed by atoms with Crippen LogP contribution >= 0.6 is 12.4 Å². The smallest absolute Gasteiger partial charge is 0.132 e. The van der Waals surface area contributed by atoms with Crippen molar-refractivity contribution in [2.45, 2.75) is 39.2 Å². The lowest BCUT2D eigenvalue weighted by molar-refractivity contribution is 0.601. The first-order chi connectivity index (χ1) is 10.2. The minimum absolute atomic E-state index is 0. The Labute approximate surface area is 136 Å². The zero-order chi connectivity index (χ0) is 14.8. The summed E-state index contributed by atoms with van der Waals surface area (Å²) in [5.74, 6) is 0.895. The van der Waals surface area contributed by atoms with Gasteiger partial charge in [-0.2, -0.15) is 0 Å². The predicted molar refractivity (Wildman–Crippen MR) is 88.8 cm³/mol. The highest BCUT2D eigenvalue weighted by atomic mass is 35.5. The highest BCUT2D eigenvalue weighted by Crippen LogP contribution is 2.29. The summed E-state index contributed by atoms with van der Waals surface area (Å²) < 4.78 is 14.2. The van der Waals surface area contributed by atoms with Gasteiger partial charge in [0.2, 0.25) is 0 Å². The number of nitrogens with zero attached hydrogens (tertiary/aromatic N) is 2. The van der Waals surface area contributed by atoms with Crippen molar-refractivity contribution in [1.82, 2.24) is 15.3 Å². The van der Waals surface area contributed by atoms with E-state index in [-0.39, 0.29) is 24.1 Å². The largest absolute Gasteiger partial charge is 0.312 e. The van der Waals surface area contributed by atoms with E-state index in [0.717, 1.165) is 42.2 Å². The third-order valence-electron chi connectivity index (χ3n) is 4.13. The maximum atomic E-state index is 14.2. The van der Waals surface area contributed by atoms with E-state index in [0.29, 0.717) is 12.1 Å². The summed E-state index contributed by atoms with van der Waals surface area (Å²) in [6.45, 7) is 5.87. The van der Waals surface area contributed by atoms with Gasteiger partial charge in [-0.05, 0) is 18.6 Å². The number of halogens is 2. The molecule has 0 radical (unpaired) electrons. The van der Waals surface area contributed by atoms with Crippen LogP contribution in [0.3, 0.4) is 0 Å². The van der Waals surface area contributed by atoms with Crippen LogP contribution in [0, 0.1) is 5.82 Å². The molecule has 1 aliphatic rings. The van der Waals surface area contributed by atoms with Crippen LogP contribution in [0.15, 0.2) is 24.3 Å². The molecule has 0 aliphatic carbocycles. The molecule has 0 amide bonds. The Bertz CT molecular complexity index is 660. The van der Waals surface area contributed by atoms with E-state index in [2.05, 4.69) is 19.2 Å². The highest BCUT2D eigenvalue weighted by molar-refractivity contribution is 5.85. The number of nitrogens with one attached hydrogen (secondary N) is 1. The molecule has 0 fully saturated rings. The van der Waals surface area contributed by atoms with E-state index in [1.54, 1.807) is 12.1 Å². The van der Waals surface area contributed by atoms with Crippen LogP contribution in [0.1, 0.15) is 43.3 Å². The van der Waals surface area contributed by atoms with Crippen molar-refractivity contribution in [2.75, 3.05) is 6.54 Å². The molecule has 1 atom stereocenters. The number of hydrogen-bond acceptors (Lipinski definition) is 3. The summed E-state index contributed by atoms with van der Waals surface area (Å²) in [5, 5.41) is 3.33. The highest BCUT2D eigenvalue weighted by Gasteiger charge is 2.21. The number of fused-ring (bicyclic) bond motifs is 1. The molecule has 22 heavy (non-hydrogen) atoms. The number of aromatic nitrogens is 2. The van der Waals surface area contributed by atoms with E-state index < -0.39 is 0 Å². The zero-order valence-corrected chi connectivity index (χ0v) is 13.7. The first kappa shape index (κ1) is 16.8. The van der Waals surface area contributed by atoms with Gasteiger partial charge in [0.1, 0.15) is 11.6 Å². The molecular formula is C17H21ClFN3. The maximum absolute atomic E-state index is 14.2. The van der Waals surface area contributed by atoms with Crippen LogP contribution in [0.25, 0.3) is 11.3 Å². The normalized spacial score (nSPS) is 14.9. The molecule has 1 aromatic carbocycles. The van der Waals surface area contributed by atoms with Crippen molar-refractivity contribution in [1.29, 1.82) is 0 Å². The average Bonchev–Trinajstić information content (AvgIpc) is 2.53. The lowest BCUT2D eigenvalue weighted by Gasteiger charge is -2.21. The van der Waals surface area contributed by atoms with Gasteiger partial charge in [-0.15, -0.1) is 12.4 Å². The summed E-state index contributed by atoms with van der Waals surface area (Å²) in [7, 11) is 0. The van der Waals surface area contributed by atoms with Crippen LogP contribution in [0.4, 0.5) is 4.39 Å². The predicted octanol–water partition coefficient (Wildman–Crippen LogP) is 3.86. The second kappa shape index (κ2) is 7.16. The Morgan fingerprint density at radius 1 is 1.27 bits per heavy atom. The maximum Gasteiger partial charge on any atom is 0.132 e. The molecular weight excluding hydrogens is 301 g/mol. The number of hydrogen-bond donors (Lipinski definition) is 1. The first-order valence-electron chi connectivity index (χ1n) is 7.56. The molecule has 0 bridgehead atoms. The van der Waals surface area contributed by atoms with E-state index in [1.807, 2.05) is 6.07 Å². The molecule has 2 aromatic rings. The summed E-state index contributed by atoms with van der Waals surface area (Å²) in [5.41, 5.74) is 3.43. The lowest BCUT2D eigenvalue weighted by atomic mass is 9.98. The van der Waals surface area contributed by atoms with Crippen LogP contribution in [-0.2, 0) is 13.0 Å². The topological polar surface area (TPSA) is 37.8 Å². The van der Waals surface area contributed by atoms with E-state index in [4.69, 9.17) is 9.97 Å². The van der Waals surface area contributed by atoms with Crippen molar-refractivity contribution in [2.24, 2.45) is 0 Å². The Hall–Kier alpha value is -1.52. The molecule has 2 heterocycles. The van der Waals surface area contributed by atoms with Crippen molar-refractivity contribution in [3.63, 3.8) is 0 Å². The Morgan fingerprint density at radius 2 is 2.05 bits per heavy atom. The van der Waals surface area contributed by atoms with Crippen LogP contribution in [-0.4, -0.2) is 16.5 Å². The summed E-state index contributed by atoms with van der Waals surface area (Å²) >= 11 is 0. The zero-order valence-electron chi connectivity index (χ0n) is 12.9. The fourth-order valence-electron chi connectivity index (χ4n) is 2.64. The molecule has 1 aliphatic heterocycles. The van der Waals surface area contributed by atoms with E-state index in [1.165, 1.54) is 6.07 Å². The van der Waals surface area contributed by atoms with Gasteiger partial charge in [0, 0.05) is 36.6 Å². The van der Waals surface area contributed by atoms with Gasteiger partial charge in [-0.25, -0.2) is 14.4 Å². The second-order valence-corrected chi connectivity index (χ2v) is 5.57. The minimum Gasteiger partial charge on any atom is -0.312 e. The molecule has 1 aromatic heterocycles. The Balaban J connectivity index is 0.00000176. The molecule has 0 saturated heterocycles. The number of benzene rings is 1. The van der Waals surface area contributed by atoms with Gasteiger partial charge in [0.25, 0.3) is 0 Å². The van der Waals surface area contributed by atoms with Gasteiger partial charge in [0.05, 0.1) is 11.4 Å². The van der Waals surface area contributed by atoms with E-state index >= 15 is 0 Å². The minimum atomic E-state index is -0.223. The van der Waals surface area contributed by atoms with Gasteiger partial charge in [-0.3, -0.25) is 0 Å². The van der Waals surface area contributed by atoms with Gasteiger partial charge in [-0.1, -0.05) is 26.0 Å². The fraction of sp³-hybridized carbons (Fsp3) is 0.412. The third-order valence-corrected chi connectivity index (χ3v) is 4.13.